The second-order valence-electron chi connectivity index (χ2n) is 6.58. The summed E-state index contributed by atoms with van der Waals surface area (Å²) in [6.07, 6.45) is 2.62. The number of aromatic nitrogens is 2. The van der Waals surface area contributed by atoms with Gasteiger partial charge in [-0.3, -0.25) is 14.3 Å². The Morgan fingerprint density at radius 1 is 1.19 bits per heavy atom. The van der Waals surface area contributed by atoms with Crippen molar-refractivity contribution in [3.05, 3.63) is 75.7 Å². The zero-order valence-corrected chi connectivity index (χ0v) is 15.5. The minimum atomic E-state index is -0.134. The number of carbonyl (C=O) groups excluding carboxylic acids is 2. The first kappa shape index (κ1) is 17.5. The lowest BCUT2D eigenvalue weighted by Crippen LogP contribution is -2.37. The van der Waals surface area contributed by atoms with Gasteiger partial charge in [-0.05, 0) is 17.0 Å². The lowest BCUT2D eigenvalue weighted by Gasteiger charge is -2.11. The predicted octanol–water partition coefficient (Wildman–Crippen LogP) is 2.16. The highest BCUT2D eigenvalue weighted by molar-refractivity contribution is 7.10. The maximum Gasteiger partial charge on any atom is 0.255 e. The average molecular weight is 380 g/mol. The molecule has 7 heteroatoms. The fourth-order valence-corrected chi connectivity index (χ4v) is 4.00. The highest BCUT2D eigenvalue weighted by Crippen LogP contribution is 2.19. The first-order valence-corrected chi connectivity index (χ1v) is 9.75. The summed E-state index contributed by atoms with van der Waals surface area (Å²) in [5.41, 5.74) is 2.51. The maximum atomic E-state index is 12.5. The van der Waals surface area contributed by atoms with Crippen LogP contribution in [0.3, 0.4) is 0 Å². The molecule has 3 aromatic rings. The lowest BCUT2D eigenvalue weighted by atomic mass is 10.1. The number of hydrogen-bond acceptors (Lipinski definition) is 4. The van der Waals surface area contributed by atoms with Gasteiger partial charge in [0.25, 0.3) is 5.91 Å². The third kappa shape index (κ3) is 4.09. The minimum absolute atomic E-state index is 0.00304. The molecule has 138 valence electrons. The van der Waals surface area contributed by atoms with Crippen molar-refractivity contribution >= 4 is 23.2 Å². The summed E-state index contributed by atoms with van der Waals surface area (Å²) >= 11 is 1.58. The second-order valence-corrected chi connectivity index (χ2v) is 7.61. The van der Waals surface area contributed by atoms with Crippen LogP contribution in [0.15, 0.2) is 54.0 Å². The molecular weight excluding hydrogens is 360 g/mol. The normalized spacial score (nSPS) is 15.3. The van der Waals surface area contributed by atoms with Gasteiger partial charge in [0.2, 0.25) is 5.91 Å². The third-order valence-corrected chi connectivity index (χ3v) is 5.48. The van der Waals surface area contributed by atoms with Gasteiger partial charge in [-0.25, -0.2) is 0 Å². The Balaban J connectivity index is 1.34. The SMILES string of the molecule is O=C(Cc1cccs1)N[C@H]1Cc2c(C(=O)NCc3ccccc3)cnn2C1. The van der Waals surface area contributed by atoms with Crippen molar-refractivity contribution in [1.29, 1.82) is 0 Å². The monoisotopic (exact) mass is 380 g/mol. The molecule has 27 heavy (non-hydrogen) atoms. The topological polar surface area (TPSA) is 76.0 Å². The molecule has 0 saturated carbocycles. The molecule has 0 fully saturated rings. The van der Waals surface area contributed by atoms with Gasteiger partial charge in [0.05, 0.1) is 36.5 Å². The average Bonchev–Trinajstić information content (AvgIpc) is 3.38. The van der Waals surface area contributed by atoms with Gasteiger partial charge in [-0.2, -0.15) is 5.10 Å². The molecule has 2 aromatic heterocycles. The number of hydrogen-bond donors (Lipinski definition) is 2. The van der Waals surface area contributed by atoms with Crippen molar-refractivity contribution in [3.8, 4) is 0 Å². The number of nitrogens with zero attached hydrogens (tertiary/aromatic N) is 2. The number of benzene rings is 1. The first-order valence-electron chi connectivity index (χ1n) is 8.87. The summed E-state index contributed by atoms with van der Waals surface area (Å²) in [6.45, 7) is 1.07. The first-order chi connectivity index (χ1) is 13.2. The predicted molar refractivity (Wildman–Crippen MR) is 103 cm³/mol. The van der Waals surface area contributed by atoms with Crippen LogP contribution in [0.25, 0.3) is 0 Å². The standard InChI is InChI=1S/C20H20N4O2S/c25-19(10-16-7-4-8-27-16)23-15-9-18-17(12-22-24(18)13-15)20(26)21-11-14-5-2-1-3-6-14/h1-8,12,15H,9-11,13H2,(H,21,26)(H,23,25)/t15-/m0/s1. The molecule has 4 rings (SSSR count). The quantitative estimate of drug-likeness (QED) is 0.688. The molecule has 2 amide bonds. The number of carbonyl (C=O) groups is 2. The molecule has 0 spiro atoms. The Labute approximate surface area is 161 Å². The summed E-state index contributed by atoms with van der Waals surface area (Å²) in [5.74, 6) is -0.131. The molecule has 1 aliphatic rings. The van der Waals surface area contributed by atoms with E-state index in [1.165, 1.54) is 0 Å². The van der Waals surface area contributed by atoms with Crippen LogP contribution in [-0.2, 0) is 30.7 Å². The van der Waals surface area contributed by atoms with Gasteiger partial charge in [0, 0.05) is 17.8 Å². The van der Waals surface area contributed by atoms with Crippen molar-refractivity contribution < 1.29 is 9.59 Å². The van der Waals surface area contributed by atoms with E-state index in [2.05, 4.69) is 15.7 Å². The molecule has 0 radical (unpaired) electrons. The van der Waals surface area contributed by atoms with Crippen LogP contribution < -0.4 is 10.6 Å². The van der Waals surface area contributed by atoms with E-state index in [0.717, 1.165) is 16.1 Å². The third-order valence-electron chi connectivity index (χ3n) is 4.60. The van der Waals surface area contributed by atoms with E-state index in [1.54, 1.807) is 17.5 Å². The fraction of sp³-hybridized carbons (Fsp3) is 0.250. The Bertz CT molecular complexity index is 934. The molecular formula is C20H20N4O2S. The number of nitrogens with one attached hydrogen (secondary N) is 2. The maximum absolute atomic E-state index is 12.5. The van der Waals surface area contributed by atoms with Crippen molar-refractivity contribution in [3.63, 3.8) is 0 Å². The molecule has 2 N–H and O–H groups in total. The summed E-state index contributed by atoms with van der Waals surface area (Å²) < 4.78 is 1.81. The van der Waals surface area contributed by atoms with Gasteiger partial charge in [-0.1, -0.05) is 36.4 Å². The molecule has 1 aromatic carbocycles. The Morgan fingerprint density at radius 3 is 2.81 bits per heavy atom. The summed E-state index contributed by atoms with van der Waals surface area (Å²) in [4.78, 5) is 25.8. The highest BCUT2D eigenvalue weighted by atomic mass is 32.1. The minimum Gasteiger partial charge on any atom is -0.351 e. The molecule has 0 saturated heterocycles. The number of amides is 2. The van der Waals surface area contributed by atoms with E-state index in [9.17, 15) is 9.59 Å². The van der Waals surface area contributed by atoms with Crippen LogP contribution >= 0.6 is 11.3 Å². The Morgan fingerprint density at radius 2 is 2.04 bits per heavy atom. The lowest BCUT2D eigenvalue weighted by molar-refractivity contribution is -0.121. The largest absolute Gasteiger partial charge is 0.351 e. The van der Waals surface area contributed by atoms with Gasteiger partial charge < -0.3 is 10.6 Å². The zero-order valence-electron chi connectivity index (χ0n) is 14.7. The van der Waals surface area contributed by atoms with Crippen LogP contribution in [-0.4, -0.2) is 27.6 Å². The number of fused-ring (bicyclic) bond motifs is 1. The highest BCUT2D eigenvalue weighted by Gasteiger charge is 2.28. The van der Waals surface area contributed by atoms with E-state index < -0.39 is 0 Å². The van der Waals surface area contributed by atoms with Crippen LogP contribution in [0, 0.1) is 0 Å². The molecule has 6 nitrogen and oxygen atoms in total. The molecule has 1 atom stereocenters. The van der Waals surface area contributed by atoms with Gasteiger partial charge in [-0.15, -0.1) is 11.3 Å². The molecule has 3 heterocycles. The van der Waals surface area contributed by atoms with Gasteiger partial charge in [0.15, 0.2) is 0 Å². The Hall–Kier alpha value is -2.93. The van der Waals surface area contributed by atoms with Crippen LogP contribution in [0.2, 0.25) is 0 Å². The number of rotatable bonds is 6. The van der Waals surface area contributed by atoms with Gasteiger partial charge >= 0.3 is 0 Å². The van der Waals surface area contributed by atoms with E-state index in [1.807, 2.05) is 52.5 Å². The van der Waals surface area contributed by atoms with E-state index in [-0.39, 0.29) is 17.9 Å². The molecule has 0 bridgehead atoms. The summed E-state index contributed by atoms with van der Waals surface area (Å²) in [6, 6.07) is 13.7. The molecule has 0 aliphatic carbocycles. The summed E-state index contributed by atoms with van der Waals surface area (Å²) in [7, 11) is 0. The summed E-state index contributed by atoms with van der Waals surface area (Å²) in [5, 5.41) is 12.3. The van der Waals surface area contributed by atoms with Crippen molar-refractivity contribution in [2.24, 2.45) is 0 Å². The second kappa shape index (κ2) is 7.75. The fourth-order valence-electron chi connectivity index (χ4n) is 3.30. The van der Waals surface area contributed by atoms with E-state index in [0.29, 0.717) is 31.5 Å². The van der Waals surface area contributed by atoms with Gasteiger partial charge in [0.1, 0.15) is 0 Å². The van der Waals surface area contributed by atoms with E-state index >= 15 is 0 Å². The van der Waals surface area contributed by atoms with Crippen molar-refractivity contribution in [1.82, 2.24) is 20.4 Å². The molecule has 1 aliphatic heterocycles. The number of thiophene rings is 1. The van der Waals surface area contributed by atoms with Crippen LogP contribution in [0.5, 0.6) is 0 Å². The van der Waals surface area contributed by atoms with Crippen molar-refractivity contribution in [2.75, 3.05) is 0 Å². The van der Waals surface area contributed by atoms with E-state index in [4.69, 9.17) is 0 Å². The Kier molecular flexibility index (Phi) is 5.02. The molecule has 0 unspecified atom stereocenters. The smallest absolute Gasteiger partial charge is 0.255 e. The van der Waals surface area contributed by atoms with Crippen LogP contribution in [0.1, 0.15) is 26.5 Å². The van der Waals surface area contributed by atoms with Crippen LogP contribution in [0.4, 0.5) is 0 Å². The van der Waals surface area contributed by atoms with Crippen molar-refractivity contribution in [2.45, 2.75) is 32.0 Å². The zero-order chi connectivity index (χ0) is 18.6.